The highest BCUT2D eigenvalue weighted by molar-refractivity contribution is 5.66. The third-order valence-electron chi connectivity index (χ3n) is 3.81. The fourth-order valence-corrected chi connectivity index (χ4v) is 2.51. The van der Waals surface area contributed by atoms with Crippen LogP contribution in [0.2, 0.25) is 0 Å². The fourth-order valence-electron chi connectivity index (χ4n) is 2.51. The van der Waals surface area contributed by atoms with Crippen LogP contribution < -0.4 is 0 Å². The minimum atomic E-state index is -2.04. The van der Waals surface area contributed by atoms with Crippen LogP contribution in [-0.2, 0) is 4.79 Å². The topological polar surface area (TPSA) is 37.3 Å². The molecule has 0 rings (SSSR count). The van der Waals surface area contributed by atoms with E-state index in [-0.39, 0.29) is 6.42 Å². The van der Waals surface area contributed by atoms with Gasteiger partial charge in [-0.05, 0) is 6.42 Å². The van der Waals surface area contributed by atoms with Crippen LogP contribution in [0.4, 0.5) is 0 Å². The Morgan fingerprint density at radius 2 is 1.00 bits per heavy atom. The SMILES string of the molecule is [2H]C([2H])(CCCCCCCCCCCCCCCC)C(=O)O. The van der Waals surface area contributed by atoms with E-state index in [0.29, 0.717) is 6.42 Å². The van der Waals surface area contributed by atoms with Gasteiger partial charge in [-0.15, -0.1) is 0 Å². The summed E-state index contributed by atoms with van der Waals surface area (Å²) in [5, 5.41) is 8.67. The van der Waals surface area contributed by atoms with Crippen LogP contribution in [0, 0.1) is 0 Å². The third-order valence-corrected chi connectivity index (χ3v) is 3.81. The molecule has 2 heteroatoms. The first-order chi connectivity index (χ1) is 10.5. The van der Waals surface area contributed by atoms with Gasteiger partial charge in [0, 0.05) is 9.11 Å². The predicted molar refractivity (Wildman–Crippen MR) is 87.2 cm³/mol. The fraction of sp³-hybridized carbons (Fsp3) is 0.944. The van der Waals surface area contributed by atoms with E-state index in [1.54, 1.807) is 0 Å². The molecule has 0 saturated carbocycles. The summed E-state index contributed by atoms with van der Waals surface area (Å²) < 4.78 is 14.6. The molecule has 0 radical (unpaired) electrons. The van der Waals surface area contributed by atoms with E-state index in [2.05, 4.69) is 6.92 Å². The van der Waals surface area contributed by atoms with Crippen molar-refractivity contribution in [3.05, 3.63) is 0 Å². The predicted octanol–water partition coefficient (Wildman–Crippen LogP) is 6.33. The Morgan fingerprint density at radius 3 is 1.30 bits per heavy atom. The molecule has 0 fully saturated rings. The molecular formula is C18H36O2. The average Bonchev–Trinajstić information content (AvgIpc) is 2.47. The largest absolute Gasteiger partial charge is 0.481 e. The highest BCUT2D eigenvalue weighted by atomic mass is 16.4. The molecule has 1 N–H and O–H groups in total. The van der Waals surface area contributed by atoms with Crippen molar-refractivity contribution in [1.29, 1.82) is 0 Å². The van der Waals surface area contributed by atoms with Crippen molar-refractivity contribution >= 4 is 5.97 Å². The van der Waals surface area contributed by atoms with Crippen molar-refractivity contribution in [3.63, 3.8) is 0 Å². The molecule has 0 aromatic carbocycles. The number of carboxylic acids is 1. The number of carbonyl (C=O) groups is 1. The molecule has 0 aromatic rings. The van der Waals surface area contributed by atoms with Crippen molar-refractivity contribution in [2.24, 2.45) is 0 Å². The summed E-state index contributed by atoms with van der Waals surface area (Å²) in [6.45, 7) is 2.25. The van der Waals surface area contributed by atoms with Gasteiger partial charge in [-0.25, -0.2) is 0 Å². The van der Waals surface area contributed by atoms with Crippen LogP contribution in [0.1, 0.15) is 112 Å². The number of rotatable bonds is 16. The second kappa shape index (κ2) is 16.5. The second-order valence-electron chi connectivity index (χ2n) is 5.83. The lowest BCUT2D eigenvalue weighted by Gasteiger charge is -2.03. The molecule has 0 heterocycles. The lowest BCUT2D eigenvalue weighted by Crippen LogP contribution is -1.93. The average molecular weight is 286 g/mol. The Labute approximate surface area is 129 Å². The first-order valence-electron chi connectivity index (χ1n) is 9.74. The molecule has 0 amide bonds. The second-order valence-corrected chi connectivity index (χ2v) is 5.83. The molecule has 0 bridgehead atoms. The van der Waals surface area contributed by atoms with E-state index >= 15 is 0 Å². The Bertz CT molecular complexity index is 268. The van der Waals surface area contributed by atoms with Crippen LogP contribution in [0.15, 0.2) is 0 Å². The Balaban J connectivity index is 3.16. The first kappa shape index (κ1) is 15.9. The molecule has 2 nitrogen and oxygen atoms in total. The van der Waals surface area contributed by atoms with E-state index in [9.17, 15) is 4.79 Å². The van der Waals surface area contributed by atoms with Gasteiger partial charge in [0.25, 0.3) is 0 Å². The van der Waals surface area contributed by atoms with Crippen molar-refractivity contribution in [3.8, 4) is 0 Å². The summed E-state index contributed by atoms with van der Waals surface area (Å²) >= 11 is 0. The van der Waals surface area contributed by atoms with Gasteiger partial charge in [-0.1, -0.05) is 96.8 Å². The van der Waals surface area contributed by atoms with Gasteiger partial charge in [-0.3, -0.25) is 4.79 Å². The molecule has 0 aliphatic heterocycles. The smallest absolute Gasteiger partial charge is 0.303 e. The van der Waals surface area contributed by atoms with Gasteiger partial charge in [0.2, 0.25) is 0 Å². The number of carboxylic acid groups (broad SMARTS) is 1. The molecular weight excluding hydrogens is 248 g/mol. The van der Waals surface area contributed by atoms with E-state index in [0.717, 1.165) is 12.8 Å². The highest BCUT2D eigenvalue weighted by Crippen LogP contribution is 2.13. The number of aliphatic carboxylic acids is 1. The zero-order chi connectivity index (χ0) is 16.7. The summed E-state index contributed by atoms with van der Waals surface area (Å²) in [5.74, 6) is -1.33. The van der Waals surface area contributed by atoms with Crippen LogP contribution in [-0.4, -0.2) is 11.1 Å². The van der Waals surface area contributed by atoms with Crippen molar-refractivity contribution in [2.45, 2.75) is 110 Å². The Morgan fingerprint density at radius 1 is 0.700 bits per heavy atom. The molecule has 0 aliphatic carbocycles. The lowest BCUT2D eigenvalue weighted by molar-refractivity contribution is -0.137. The minimum Gasteiger partial charge on any atom is -0.481 e. The van der Waals surface area contributed by atoms with Gasteiger partial charge < -0.3 is 5.11 Å². The zero-order valence-electron chi connectivity index (χ0n) is 15.5. The number of hydrogen-bond donors (Lipinski definition) is 1. The Hall–Kier alpha value is -0.530. The molecule has 0 spiro atoms. The Kier molecular flexibility index (Phi) is 13.1. The minimum absolute atomic E-state index is 0.139. The molecule has 0 aliphatic rings. The van der Waals surface area contributed by atoms with Crippen molar-refractivity contribution in [1.82, 2.24) is 0 Å². The number of hydrogen-bond acceptors (Lipinski definition) is 1. The van der Waals surface area contributed by atoms with E-state index in [1.165, 1.54) is 70.6 Å². The number of unbranched alkanes of at least 4 members (excludes halogenated alkanes) is 13. The summed E-state index contributed by atoms with van der Waals surface area (Å²) in [4.78, 5) is 10.6. The van der Waals surface area contributed by atoms with Crippen molar-refractivity contribution < 1.29 is 12.6 Å². The normalized spacial score (nSPS) is 13.1. The third kappa shape index (κ3) is 17.5. The maximum atomic E-state index is 10.6. The van der Waals surface area contributed by atoms with Gasteiger partial charge >= 0.3 is 5.97 Å². The summed E-state index contributed by atoms with van der Waals surface area (Å²) in [5.41, 5.74) is 0. The molecule has 20 heavy (non-hydrogen) atoms. The summed E-state index contributed by atoms with van der Waals surface area (Å²) in [6.07, 6.45) is 15.6. The van der Waals surface area contributed by atoms with E-state index in [1.807, 2.05) is 0 Å². The van der Waals surface area contributed by atoms with Crippen LogP contribution >= 0.6 is 0 Å². The molecule has 0 saturated heterocycles. The summed E-state index contributed by atoms with van der Waals surface area (Å²) in [7, 11) is 0. The van der Waals surface area contributed by atoms with Crippen LogP contribution in [0.25, 0.3) is 0 Å². The van der Waals surface area contributed by atoms with Gasteiger partial charge in [0.1, 0.15) is 0 Å². The first-order valence-corrected chi connectivity index (χ1v) is 8.74. The van der Waals surface area contributed by atoms with E-state index < -0.39 is 12.3 Å². The molecule has 0 atom stereocenters. The monoisotopic (exact) mass is 286 g/mol. The van der Waals surface area contributed by atoms with Gasteiger partial charge in [0.05, 0.1) is 0 Å². The molecule has 0 unspecified atom stereocenters. The highest BCUT2D eigenvalue weighted by Gasteiger charge is 1.97. The van der Waals surface area contributed by atoms with Gasteiger partial charge in [-0.2, -0.15) is 0 Å². The van der Waals surface area contributed by atoms with Crippen LogP contribution in [0.5, 0.6) is 0 Å². The zero-order valence-corrected chi connectivity index (χ0v) is 13.5. The van der Waals surface area contributed by atoms with Crippen LogP contribution in [0.3, 0.4) is 0 Å². The maximum Gasteiger partial charge on any atom is 0.303 e. The lowest BCUT2D eigenvalue weighted by atomic mass is 10.0. The standard InChI is InChI=1S/C18H36O2/c1-2-3-4-5-6-7-8-9-10-11-12-13-14-15-16-17-18(19)20/h2-17H2,1H3,(H,19,20)/i17D2. The molecule has 120 valence electrons. The van der Waals surface area contributed by atoms with Crippen molar-refractivity contribution in [2.75, 3.05) is 0 Å². The van der Waals surface area contributed by atoms with Gasteiger partial charge in [0.15, 0.2) is 0 Å². The maximum absolute atomic E-state index is 10.6. The molecule has 0 aromatic heterocycles. The van der Waals surface area contributed by atoms with E-state index in [4.69, 9.17) is 7.85 Å². The quantitative estimate of drug-likeness (QED) is 0.336. The summed E-state index contributed by atoms with van der Waals surface area (Å²) in [6, 6.07) is 0.